The largest absolute Gasteiger partial charge is 0.481 e. The van der Waals surface area contributed by atoms with Crippen molar-refractivity contribution in [3.05, 3.63) is 35.4 Å². The average molecular weight is 257 g/mol. The number of aliphatic carboxylic acids is 1. The predicted molar refractivity (Wildman–Crippen MR) is 64.2 cm³/mol. The number of rotatable bonds is 5. The van der Waals surface area contributed by atoms with Gasteiger partial charge in [0.05, 0.1) is 6.42 Å². The number of hydrogen-bond donors (Lipinski definition) is 1. The average Bonchev–Trinajstić information content (AvgIpc) is 2.21. The van der Waals surface area contributed by atoms with Crippen molar-refractivity contribution in [2.24, 2.45) is 0 Å². The van der Waals surface area contributed by atoms with E-state index >= 15 is 0 Å². The third-order valence-corrected chi connectivity index (χ3v) is 3.03. The SMILES string of the molecule is CN(Cc1cc(F)ccc1F)C(C)(C)CC(=O)O. The second-order valence-corrected chi connectivity index (χ2v) is 4.97. The number of halogens is 2. The highest BCUT2D eigenvalue weighted by Crippen LogP contribution is 2.21. The first-order valence-corrected chi connectivity index (χ1v) is 5.59. The highest BCUT2D eigenvalue weighted by molar-refractivity contribution is 5.68. The number of nitrogens with zero attached hydrogens (tertiary/aromatic N) is 1. The summed E-state index contributed by atoms with van der Waals surface area (Å²) in [6.45, 7) is 3.65. The zero-order valence-electron chi connectivity index (χ0n) is 10.7. The zero-order chi connectivity index (χ0) is 13.9. The topological polar surface area (TPSA) is 40.5 Å². The van der Waals surface area contributed by atoms with E-state index in [1.54, 1.807) is 25.8 Å². The summed E-state index contributed by atoms with van der Waals surface area (Å²) in [6, 6.07) is 3.26. The van der Waals surface area contributed by atoms with Crippen molar-refractivity contribution >= 4 is 5.97 Å². The molecule has 5 heteroatoms. The van der Waals surface area contributed by atoms with Gasteiger partial charge < -0.3 is 5.11 Å². The summed E-state index contributed by atoms with van der Waals surface area (Å²) in [5.41, 5.74) is -0.416. The third kappa shape index (κ3) is 3.77. The molecule has 0 fully saturated rings. The third-order valence-electron chi connectivity index (χ3n) is 3.03. The van der Waals surface area contributed by atoms with E-state index in [-0.39, 0.29) is 18.5 Å². The molecule has 1 N–H and O–H groups in total. The van der Waals surface area contributed by atoms with Gasteiger partial charge in [0.2, 0.25) is 0 Å². The van der Waals surface area contributed by atoms with Crippen LogP contribution in [0.2, 0.25) is 0 Å². The Morgan fingerprint density at radius 3 is 2.56 bits per heavy atom. The molecule has 100 valence electrons. The molecule has 0 atom stereocenters. The molecule has 1 rings (SSSR count). The Balaban J connectivity index is 2.83. The van der Waals surface area contributed by atoms with Gasteiger partial charge in [-0.3, -0.25) is 9.69 Å². The molecule has 0 saturated carbocycles. The van der Waals surface area contributed by atoms with E-state index in [0.717, 1.165) is 18.2 Å². The van der Waals surface area contributed by atoms with Gasteiger partial charge in [-0.05, 0) is 39.1 Å². The van der Waals surface area contributed by atoms with Crippen molar-refractivity contribution in [2.45, 2.75) is 32.4 Å². The van der Waals surface area contributed by atoms with E-state index < -0.39 is 23.1 Å². The summed E-state index contributed by atoms with van der Waals surface area (Å²) >= 11 is 0. The summed E-state index contributed by atoms with van der Waals surface area (Å²) in [5.74, 6) is -1.92. The maximum absolute atomic E-state index is 13.5. The van der Waals surface area contributed by atoms with E-state index in [1.165, 1.54) is 0 Å². The van der Waals surface area contributed by atoms with E-state index in [2.05, 4.69) is 0 Å². The number of benzene rings is 1. The quantitative estimate of drug-likeness (QED) is 0.881. The van der Waals surface area contributed by atoms with Gasteiger partial charge in [0.1, 0.15) is 11.6 Å². The minimum Gasteiger partial charge on any atom is -0.481 e. The van der Waals surface area contributed by atoms with Crippen LogP contribution in [-0.2, 0) is 11.3 Å². The fourth-order valence-corrected chi connectivity index (χ4v) is 1.64. The van der Waals surface area contributed by atoms with E-state index in [0.29, 0.717) is 0 Å². The Kier molecular flexibility index (Phi) is 4.40. The van der Waals surface area contributed by atoms with Crippen LogP contribution in [0.4, 0.5) is 8.78 Å². The van der Waals surface area contributed by atoms with Gasteiger partial charge in [0.15, 0.2) is 0 Å². The fraction of sp³-hybridized carbons (Fsp3) is 0.462. The van der Waals surface area contributed by atoms with Gasteiger partial charge in [0.25, 0.3) is 0 Å². The standard InChI is InChI=1S/C13H17F2NO2/c1-13(2,7-12(17)18)16(3)8-9-6-10(14)4-5-11(9)15/h4-6H,7-8H2,1-3H3,(H,17,18). The second kappa shape index (κ2) is 5.44. The number of carbonyl (C=O) groups is 1. The Morgan fingerprint density at radius 2 is 2.00 bits per heavy atom. The van der Waals surface area contributed by atoms with Crippen LogP contribution in [0.1, 0.15) is 25.8 Å². The predicted octanol–water partition coefficient (Wildman–Crippen LogP) is 2.65. The second-order valence-electron chi connectivity index (χ2n) is 4.97. The van der Waals surface area contributed by atoms with E-state index in [4.69, 9.17) is 5.11 Å². The van der Waals surface area contributed by atoms with Crippen molar-refractivity contribution in [1.82, 2.24) is 4.90 Å². The first kappa shape index (κ1) is 14.6. The molecule has 0 amide bonds. The lowest BCUT2D eigenvalue weighted by Crippen LogP contribution is -2.42. The van der Waals surface area contributed by atoms with Crippen molar-refractivity contribution in [2.75, 3.05) is 7.05 Å². The van der Waals surface area contributed by atoms with Crippen LogP contribution in [-0.4, -0.2) is 28.6 Å². The normalized spacial score (nSPS) is 11.9. The molecule has 0 aliphatic rings. The molecule has 0 heterocycles. The molecule has 0 aliphatic heterocycles. The molecular weight excluding hydrogens is 240 g/mol. The Bertz CT molecular complexity index is 447. The first-order valence-electron chi connectivity index (χ1n) is 5.59. The summed E-state index contributed by atoms with van der Waals surface area (Å²) in [7, 11) is 1.69. The molecule has 0 saturated heterocycles. The molecule has 0 spiro atoms. The van der Waals surface area contributed by atoms with Crippen LogP contribution < -0.4 is 0 Å². The lowest BCUT2D eigenvalue weighted by atomic mass is 9.98. The Labute approximate surface area is 105 Å². The summed E-state index contributed by atoms with van der Waals surface area (Å²) in [4.78, 5) is 12.4. The van der Waals surface area contributed by atoms with Crippen LogP contribution in [0.25, 0.3) is 0 Å². The van der Waals surface area contributed by atoms with Crippen molar-refractivity contribution in [1.29, 1.82) is 0 Å². The molecular formula is C13H17F2NO2. The molecule has 0 radical (unpaired) electrons. The lowest BCUT2D eigenvalue weighted by molar-refractivity contribution is -0.139. The van der Waals surface area contributed by atoms with Crippen molar-refractivity contribution in [3.8, 4) is 0 Å². The fourth-order valence-electron chi connectivity index (χ4n) is 1.64. The smallest absolute Gasteiger partial charge is 0.305 e. The molecule has 0 aromatic heterocycles. The highest BCUT2D eigenvalue weighted by Gasteiger charge is 2.27. The maximum Gasteiger partial charge on any atom is 0.305 e. The van der Waals surface area contributed by atoms with Crippen LogP contribution in [0, 0.1) is 11.6 Å². The maximum atomic E-state index is 13.5. The van der Waals surface area contributed by atoms with Crippen LogP contribution in [0.15, 0.2) is 18.2 Å². The molecule has 0 bridgehead atoms. The molecule has 1 aromatic rings. The van der Waals surface area contributed by atoms with Gasteiger partial charge in [-0.2, -0.15) is 0 Å². The molecule has 0 unspecified atom stereocenters. The van der Waals surface area contributed by atoms with Crippen LogP contribution in [0.5, 0.6) is 0 Å². The zero-order valence-corrected chi connectivity index (χ0v) is 10.7. The van der Waals surface area contributed by atoms with Gasteiger partial charge in [0, 0.05) is 17.6 Å². The lowest BCUT2D eigenvalue weighted by Gasteiger charge is -2.34. The van der Waals surface area contributed by atoms with Crippen LogP contribution >= 0.6 is 0 Å². The molecule has 1 aromatic carbocycles. The Hall–Kier alpha value is -1.49. The van der Waals surface area contributed by atoms with Gasteiger partial charge >= 0.3 is 5.97 Å². The van der Waals surface area contributed by atoms with Gasteiger partial charge in [-0.1, -0.05) is 0 Å². The van der Waals surface area contributed by atoms with Crippen molar-refractivity contribution < 1.29 is 18.7 Å². The van der Waals surface area contributed by atoms with Crippen molar-refractivity contribution in [3.63, 3.8) is 0 Å². The van der Waals surface area contributed by atoms with E-state index in [1.807, 2.05) is 0 Å². The Morgan fingerprint density at radius 1 is 1.39 bits per heavy atom. The van der Waals surface area contributed by atoms with Gasteiger partial charge in [-0.25, -0.2) is 8.78 Å². The molecule has 3 nitrogen and oxygen atoms in total. The highest BCUT2D eigenvalue weighted by atomic mass is 19.1. The van der Waals surface area contributed by atoms with E-state index in [9.17, 15) is 13.6 Å². The number of hydrogen-bond acceptors (Lipinski definition) is 2. The summed E-state index contributed by atoms with van der Waals surface area (Å²) in [6.07, 6.45) is -0.0690. The number of carboxylic acid groups (broad SMARTS) is 1. The molecule has 18 heavy (non-hydrogen) atoms. The molecule has 0 aliphatic carbocycles. The van der Waals surface area contributed by atoms with Gasteiger partial charge in [-0.15, -0.1) is 0 Å². The minimum atomic E-state index is -0.924. The number of carboxylic acids is 1. The summed E-state index contributed by atoms with van der Waals surface area (Å²) in [5, 5.41) is 8.80. The monoisotopic (exact) mass is 257 g/mol. The minimum absolute atomic E-state index is 0.0690. The van der Waals surface area contributed by atoms with Crippen LogP contribution in [0.3, 0.4) is 0 Å². The summed E-state index contributed by atoms with van der Waals surface area (Å²) < 4.78 is 26.5. The first-order chi connectivity index (χ1) is 8.22.